The fraction of sp³-hybridized carbons (Fsp3) is 0.676. The Morgan fingerprint density at radius 3 is 2.48 bits per heavy atom. The first-order valence-electron chi connectivity index (χ1n) is 17.4. The Hall–Kier alpha value is -3.04. The number of hydrogen-bond donors (Lipinski definition) is 2. The minimum atomic E-state index is -3.16. The number of methoxy groups -OCH3 is 1. The second-order valence-electron chi connectivity index (χ2n) is 14.2. The number of likely N-dealkylation sites (tertiary alicyclic amines) is 1. The number of rotatable bonds is 11. The number of benzene rings is 1. The predicted molar refractivity (Wildman–Crippen MR) is 183 cm³/mol. The van der Waals surface area contributed by atoms with Crippen LogP contribution in [-0.4, -0.2) is 138 Å². The average Bonchev–Trinajstić information content (AvgIpc) is 3.72. The van der Waals surface area contributed by atoms with E-state index in [4.69, 9.17) is 4.74 Å². The molecule has 48 heavy (non-hydrogen) atoms. The number of para-hydroxylation sites is 1. The molecular formula is C34H50N6O7S. The predicted octanol–water partition coefficient (Wildman–Crippen LogP) is 1.85. The van der Waals surface area contributed by atoms with E-state index in [1.54, 1.807) is 14.9 Å². The second kappa shape index (κ2) is 14.4. The zero-order valence-electron chi connectivity index (χ0n) is 28.3. The van der Waals surface area contributed by atoms with Crippen LogP contribution in [0.25, 0.3) is 10.9 Å². The summed E-state index contributed by atoms with van der Waals surface area (Å²) in [6.07, 6.45) is 3.54. The van der Waals surface area contributed by atoms with Gasteiger partial charge in [0.2, 0.25) is 10.0 Å². The van der Waals surface area contributed by atoms with Gasteiger partial charge in [-0.25, -0.2) is 13.2 Å². The van der Waals surface area contributed by atoms with Crippen LogP contribution in [0.2, 0.25) is 0 Å². The van der Waals surface area contributed by atoms with Crippen molar-refractivity contribution in [2.45, 2.75) is 88.7 Å². The molecule has 4 aliphatic heterocycles. The van der Waals surface area contributed by atoms with E-state index in [9.17, 15) is 27.9 Å². The molecule has 14 heteroatoms. The molecular weight excluding hydrogens is 636 g/mol. The molecule has 0 spiro atoms. The summed E-state index contributed by atoms with van der Waals surface area (Å²) in [4.78, 5) is 45.6. The number of hydrogen-bond acceptors (Lipinski definition) is 9. The Balaban J connectivity index is 1.02. The zero-order chi connectivity index (χ0) is 34.2. The van der Waals surface area contributed by atoms with Crippen molar-refractivity contribution in [1.82, 2.24) is 28.9 Å². The Morgan fingerprint density at radius 2 is 1.81 bits per heavy atom. The number of piperidine rings is 1. The summed E-state index contributed by atoms with van der Waals surface area (Å²) < 4.78 is 33.1. The van der Waals surface area contributed by atoms with E-state index in [1.807, 2.05) is 38.1 Å². The maximum atomic E-state index is 13.5. The number of amides is 2. The molecule has 5 heterocycles. The van der Waals surface area contributed by atoms with E-state index in [1.165, 1.54) is 12.0 Å². The van der Waals surface area contributed by atoms with Crippen LogP contribution in [-0.2, 0) is 14.8 Å². The summed E-state index contributed by atoms with van der Waals surface area (Å²) in [5.41, 5.74) is 0.676. The third kappa shape index (κ3) is 7.28. The Labute approximate surface area is 282 Å². The van der Waals surface area contributed by atoms with Crippen molar-refractivity contribution in [3.63, 3.8) is 0 Å². The van der Waals surface area contributed by atoms with Gasteiger partial charge in [-0.2, -0.15) is 4.31 Å². The number of aromatic nitrogens is 1. The third-order valence-electron chi connectivity index (χ3n) is 10.7. The fourth-order valence-corrected chi connectivity index (χ4v) is 10.2. The number of fused-ring (bicyclic) bond motifs is 3. The summed E-state index contributed by atoms with van der Waals surface area (Å²) in [6.45, 7) is 7.34. The van der Waals surface area contributed by atoms with Gasteiger partial charge in [0, 0.05) is 62.9 Å². The molecule has 4 fully saturated rings. The smallest absolute Gasteiger partial charge is 0.409 e. The van der Waals surface area contributed by atoms with Crippen LogP contribution in [0.15, 0.2) is 35.1 Å². The standard InChI is InChI=1S/C34H50N6O7S/c1-23(2)40-31-8-5-4-7-24(31)17-30(33(40)43)32(42)35-25-18-26-9-10-27(19-25)38(26)22-29(41)21-37(34(44)47-3)15-14-36-13-11-28(20-36)39-12-6-16-48(39,45)46/h4-5,7-8,17,23,25-29,41H,6,9-16,18-22H2,1-3H3,(H,35,42)/t25-,26-,27+,28?,29?. The quantitative estimate of drug-likeness (QED) is 0.362. The van der Waals surface area contributed by atoms with Gasteiger partial charge in [0.15, 0.2) is 0 Å². The van der Waals surface area contributed by atoms with Gasteiger partial charge in [0.05, 0.1) is 31.0 Å². The van der Waals surface area contributed by atoms with E-state index in [0.29, 0.717) is 39.1 Å². The summed E-state index contributed by atoms with van der Waals surface area (Å²) in [7, 11) is -1.83. The van der Waals surface area contributed by atoms with Crippen molar-refractivity contribution in [1.29, 1.82) is 0 Å². The van der Waals surface area contributed by atoms with Crippen LogP contribution >= 0.6 is 0 Å². The van der Waals surface area contributed by atoms with Crippen molar-refractivity contribution >= 4 is 32.9 Å². The number of sulfonamides is 1. The molecule has 6 rings (SSSR count). The van der Waals surface area contributed by atoms with Gasteiger partial charge in [-0.1, -0.05) is 18.2 Å². The van der Waals surface area contributed by atoms with Crippen LogP contribution < -0.4 is 10.9 Å². The van der Waals surface area contributed by atoms with E-state index in [2.05, 4.69) is 15.1 Å². The molecule has 264 valence electrons. The first-order chi connectivity index (χ1) is 22.9. The highest BCUT2D eigenvalue weighted by molar-refractivity contribution is 7.89. The van der Waals surface area contributed by atoms with Crippen molar-refractivity contribution in [2.24, 2.45) is 0 Å². The van der Waals surface area contributed by atoms with Crippen LogP contribution in [0.4, 0.5) is 4.79 Å². The fourth-order valence-electron chi connectivity index (χ4n) is 8.44. The van der Waals surface area contributed by atoms with Gasteiger partial charge in [-0.15, -0.1) is 0 Å². The van der Waals surface area contributed by atoms with Crippen molar-refractivity contribution in [3.05, 3.63) is 46.2 Å². The highest BCUT2D eigenvalue weighted by atomic mass is 32.2. The van der Waals surface area contributed by atoms with Crippen LogP contribution in [0.1, 0.15) is 68.8 Å². The van der Waals surface area contributed by atoms with Crippen LogP contribution in [0.3, 0.4) is 0 Å². The third-order valence-corrected chi connectivity index (χ3v) is 12.7. The molecule has 5 atom stereocenters. The van der Waals surface area contributed by atoms with E-state index in [-0.39, 0.29) is 59.5 Å². The highest BCUT2D eigenvalue weighted by Crippen LogP contribution is 2.36. The maximum Gasteiger partial charge on any atom is 0.409 e. The number of carbonyl (C=O) groups excluding carboxylic acids is 2. The minimum Gasteiger partial charge on any atom is -0.453 e. The average molecular weight is 687 g/mol. The monoisotopic (exact) mass is 686 g/mol. The van der Waals surface area contributed by atoms with Crippen molar-refractivity contribution in [3.8, 4) is 0 Å². The van der Waals surface area contributed by atoms with Crippen LogP contribution in [0.5, 0.6) is 0 Å². The van der Waals surface area contributed by atoms with Crippen molar-refractivity contribution < 1.29 is 27.9 Å². The summed E-state index contributed by atoms with van der Waals surface area (Å²) in [5.74, 6) is -0.129. The lowest BCUT2D eigenvalue weighted by atomic mass is 9.96. The topological polar surface area (TPSA) is 145 Å². The lowest BCUT2D eigenvalue weighted by Crippen LogP contribution is -2.54. The molecule has 0 radical (unpaired) electrons. The second-order valence-corrected chi connectivity index (χ2v) is 16.2. The van der Waals surface area contributed by atoms with E-state index >= 15 is 0 Å². The molecule has 0 aliphatic carbocycles. The minimum absolute atomic E-state index is 0.0239. The van der Waals surface area contributed by atoms with Gasteiger partial charge in [-0.05, 0) is 76.4 Å². The molecule has 2 N–H and O–H groups in total. The van der Waals surface area contributed by atoms with Crippen LogP contribution in [0, 0.1) is 0 Å². The number of pyridine rings is 1. The van der Waals surface area contributed by atoms with Gasteiger partial charge >= 0.3 is 6.09 Å². The molecule has 1 aromatic heterocycles. The van der Waals surface area contributed by atoms with Gasteiger partial charge in [0.1, 0.15) is 5.56 Å². The summed E-state index contributed by atoms with van der Waals surface area (Å²) >= 11 is 0. The maximum absolute atomic E-state index is 13.5. The number of ether oxygens (including phenoxy) is 1. The lowest BCUT2D eigenvalue weighted by Gasteiger charge is -2.40. The molecule has 1 aromatic carbocycles. The molecule has 2 bridgehead atoms. The summed E-state index contributed by atoms with van der Waals surface area (Å²) in [6, 6.07) is 9.48. The number of aliphatic hydroxyl groups is 1. The Bertz CT molecular complexity index is 1650. The Kier molecular flexibility index (Phi) is 10.5. The molecule has 2 aromatic rings. The first kappa shape index (κ1) is 34.8. The zero-order valence-corrected chi connectivity index (χ0v) is 29.1. The molecule has 2 unspecified atom stereocenters. The number of nitrogens with one attached hydrogen (secondary N) is 1. The largest absolute Gasteiger partial charge is 0.453 e. The van der Waals surface area contributed by atoms with Gasteiger partial charge < -0.3 is 24.6 Å². The molecule has 0 saturated carbocycles. The normalized spacial score (nSPS) is 26.7. The number of carbonyl (C=O) groups is 2. The van der Waals surface area contributed by atoms with Gasteiger partial charge in [0.25, 0.3) is 11.5 Å². The molecule has 2 amide bonds. The molecule has 13 nitrogen and oxygen atoms in total. The number of nitrogens with zero attached hydrogens (tertiary/aromatic N) is 5. The molecule has 4 saturated heterocycles. The van der Waals surface area contributed by atoms with Gasteiger partial charge in [-0.3, -0.25) is 19.4 Å². The lowest BCUT2D eigenvalue weighted by molar-refractivity contribution is 0.0301. The summed E-state index contributed by atoms with van der Waals surface area (Å²) in [5, 5.41) is 15.2. The van der Waals surface area contributed by atoms with E-state index in [0.717, 1.165) is 49.6 Å². The SMILES string of the molecule is COC(=O)N(CCN1CCC(N2CCCS2(=O)=O)C1)CC(O)CN1[C@@H]2CC[C@H]1C[C@H](NC(=O)c1cc3ccccc3n(C(C)C)c1=O)C2. The Morgan fingerprint density at radius 1 is 1.08 bits per heavy atom. The molecule has 4 aliphatic rings. The highest BCUT2D eigenvalue weighted by Gasteiger charge is 2.42. The van der Waals surface area contributed by atoms with Crippen molar-refractivity contribution in [2.75, 3.05) is 58.7 Å². The first-order valence-corrected chi connectivity index (χ1v) is 19.0. The van der Waals surface area contributed by atoms with E-state index < -0.39 is 22.2 Å². The number of aliphatic hydroxyl groups excluding tert-OH is 1.